The Morgan fingerprint density at radius 3 is 2.29 bits per heavy atom. The maximum Gasteiger partial charge on any atom is 0.234 e. The topological polar surface area (TPSA) is 34.1 Å². The molecule has 0 amide bonds. The van der Waals surface area contributed by atoms with Crippen molar-refractivity contribution in [1.29, 1.82) is 0 Å². The normalized spacial score (nSPS) is 18.4. The SMILES string of the molecule is CC1=C(F)S(=O)(=O)c2ccc(C(C)(C)C)cc21. The Hall–Kier alpha value is -1.16. The van der Waals surface area contributed by atoms with E-state index in [0.717, 1.165) is 5.56 Å². The van der Waals surface area contributed by atoms with Crippen LogP contribution in [0.3, 0.4) is 0 Å². The summed E-state index contributed by atoms with van der Waals surface area (Å²) in [6.45, 7) is 7.61. The second kappa shape index (κ2) is 3.42. The molecule has 1 aliphatic heterocycles. The van der Waals surface area contributed by atoms with Crippen LogP contribution in [0.4, 0.5) is 4.39 Å². The van der Waals surface area contributed by atoms with Crippen molar-refractivity contribution in [2.75, 3.05) is 0 Å². The Morgan fingerprint density at radius 1 is 1.18 bits per heavy atom. The van der Waals surface area contributed by atoms with E-state index in [0.29, 0.717) is 5.56 Å². The molecule has 17 heavy (non-hydrogen) atoms. The number of hydrogen-bond acceptors (Lipinski definition) is 2. The van der Waals surface area contributed by atoms with Crippen LogP contribution in [0.5, 0.6) is 0 Å². The van der Waals surface area contributed by atoms with Gasteiger partial charge in [-0.2, -0.15) is 4.39 Å². The van der Waals surface area contributed by atoms with Gasteiger partial charge in [-0.05, 0) is 30.0 Å². The van der Waals surface area contributed by atoms with Crippen molar-refractivity contribution in [3.05, 3.63) is 34.5 Å². The summed E-state index contributed by atoms with van der Waals surface area (Å²) in [4.78, 5) is 0.0838. The second-order valence-electron chi connectivity index (χ2n) is 5.36. The van der Waals surface area contributed by atoms with Crippen LogP contribution in [0.2, 0.25) is 0 Å². The average Bonchev–Trinajstić information content (AvgIpc) is 2.39. The average molecular weight is 254 g/mol. The fourth-order valence-corrected chi connectivity index (χ4v) is 3.38. The van der Waals surface area contributed by atoms with Gasteiger partial charge in [-0.15, -0.1) is 0 Å². The Labute approximate surface area is 101 Å². The number of fused-ring (bicyclic) bond motifs is 1. The molecule has 0 saturated heterocycles. The molecular formula is C13H15FO2S. The lowest BCUT2D eigenvalue weighted by Crippen LogP contribution is -2.11. The largest absolute Gasteiger partial charge is 0.234 e. The van der Waals surface area contributed by atoms with Crippen LogP contribution in [0, 0.1) is 0 Å². The summed E-state index contributed by atoms with van der Waals surface area (Å²) >= 11 is 0. The van der Waals surface area contributed by atoms with Crippen LogP contribution in [0.1, 0.15) is 38.8 Å². The fourth-order valence-electron chi connectivity index (χ4n) is 1.93. The molecule has 92 valence electrons. The highest BCUT2D eigenvalue weighted by molar-refractivity contribution is 7.95. The van der Waals surface area contributed by atoms with Crippen molar-refractivity contribution in [3.63, 3.8) is 0 Å². The molecule has 0 spiro atoms. The number of halogens is 1. The highest BCUT2D eigenvalue weighted by Gasteiger charge is 2.34. The molecular weight excluding hydrogens is 239 g/mol. The minimum Gasteiger partial charge on any atom is -0.216 e. The predicted molar refractivity (Wildman–Crippen MR) is 66.0 cm³/mol. The lowest BCUT2D eigenvalue weighted by atomic mass is 9.85. The summed E-state index contributed by atoms with van der Waals surface area (Å²) in [6.07, 6.45) is 0. The molecule has 0 saturated carbocycles. The number of sulfone groups is 1. The van der Waals surface area contributed by atoms with E-state index in [4.69, 9.17) is 0 Å². The molecule has 0 N–H and O–H groups in total. The van der Waals surface area contributed by atoms with Crippen molar-refractivity contribution in [2.24, 2.45) is 0 Å². The van der Waals surface area contributed by atoms with Crippen LogP contribution in [0.15, 0.2) is 28.3 Å². The van der Waals surface area contributed by atoms with Gasteiger partial charge in [0.2, 0.25) is 15.0 Å². The molecule has 2 rings (SSSR count). The van der Waals surface area contributed by atoms with Crippen LogP contribution >= 0.6 is 0 Å². The summed E-state index contributed by atoms with van der Waals surface area (Å²) < 4.78 is 37.1. The first kappa shape index (κ1) is 12.3. The van der Waals surface area contributed by atoms with E-state index >= 15 is 0 Å². The van der Waals surface area contributed by atoms with Crippen molar-refractivity contribution < 1.29 is 12.8 Å². The Balaban J connectivity index is 2.74. The zero-order valence-electron chi connectivity index (χ0n) is 10.3. The van der Waals surface area contributed by atoms with E-state index in [1.165, 1.54) is 13.0 Å². The summed E-state index contributed by atoms with van der Waals surface area (Å²) in [5.41, 5.74) is 1.62. The van der Waals surface area contributed by atoms with Crippen molar-refractivity contribution >= 4 is 15.4 Å². The number of benzene rings is 1. The van der Waals surface area contributed by atoms with Gasteiger partial charge in [-0.25, -0.2) is 8.42 Å². The zero-order valence-corrected chi connectivity index (χ0v) is 11.2. The van der Waals surface area contributed by atoms with Crippen molar-refractivity contribution in [2.45, 2.75) is 38.0 Å². The van der Waals surface area contributed by atoms with Gasteiger partial charge < -0.3 is 0 Å². The standard InChI is InChI=1S/C13H15FO2S/c1-8-10-7-9(13(2,3)4)5-6-11(10)17(15,16)12(8)14/h5-7H,1-4H3. The second-order valence-corrected chi connectivity index (χ2v) is 7.17. The zero-order chi connectivity index (χ0) is 13.0. The molecule has 1 heterocycles. The molecule has 0 fully saturated rings. The van der Waals surface area contributed by atoms with E-state index < -0.39 is 15.0 Å². The summed E-state index contributed by atoms with van der Waals surface area (Å²) in [5, 5.41) is -1.02. The van der Waals surface area contributed by atoms with Gasteiger partial charge >= 0.3 is 0 Å². The molecule has 0 bridgehead atoms. The van der Waals surface area contributed by atoms with Crippen LogP contribution in [0.25, 0.3) is 5.57 Å². The molecule has 1 aliphatic rings. The van der Waals surface area contributed by atoms with Gasteiger partial charge in [-0.1, -0.05) is 26.8 Å². The number of allylic oxidation sites excluding steroid dienone is 1. The molecule has 1 aromatic rings. The third-order valence-corrected chi connectivity index (χ3v) is 4.78. The quantitative estimate of drug-likeness (QED) is 0.710. The van der Waals surface area contributed by atoms with Crippen molar-refractivity contribution in [3.8, 4) is 0 Å². The van der Waals surface area contributed by atoms with Crippen LogP contribution in [-0.2, 0) is 15.3 Å². The molecule has 0 radical (unpaired) electrons. The summed E-state index contributed by atoms with van der Waals surface area (Å²) in [7, 11) is -3.88. The number of rotatable bonds is 0. The summed E-state index contributed by atoms with van der Waals surface area (Å²) in [6, 6.07) is 5.03. The highest BCUT2D eigenvalue weighted by Crippen LogP contribution is 2.41. The Bertz CT molecular complexity index is 619. The molecule has 1 aromatic carbocycles. The van der Waals surface area contributed by atoms with Gasteiger partial charge in [0.25, 0.3) is 0 Å². The highest BCUT2D eigenvalue weighted by atomic mass is 32.2. The van der Waals surface area contributed by atoms with E-state index in [9.17, 15) is 12.8 Å². The molecule has 0 aromatic heterocycles. The summed E-state index contributed by atoms with van der Waals surface area (Å²) in [5.74, 6) is 0. The first-order chi connectivity index (χ1) is 7.65. The fraction of sp³-hybridized carbons (Fsp3) is 0.385. The predicted octanol–water partition coefficient (Wildman–Crippen LogP) is 3.43. The van der Waals surface area contributed by atoms with Crippen LogP contribution < -0.4 is 0 Å². The smallest absolute Gasteiger partial charge is 0.216 e. The molecule has 2 nitrogen and oxygen atoms in total. The van der Waals surface area contributed by atoms with E-state index in [1.54, 1.807) is 12.1 Å². The van der Waals surface area contributed by atoms with Gasteiger partial charge in [0, 0.05) is 11.1 Å². The maximum absolute atomic E-state index is 13.6. The van der Waals surface area contributed by atoms with Gasteiger partial charge in [0.1, 0.15) is 0 Å². The molecule has 0 aliphatic carbocycles. The maximum atomic E-state index is 13.6. The third-order valence-electron chi connectivity index (χ3n) is 3.07. The van der Waals surface area contributed by atoms with Crippen molar-refractivity contribution in [1.82, 2.24) is 0 Å². The number of hydrogen-bond donors (Lipinski definition) is 0. The van der Waals surface area contributed by atoms with Gasteiger partial charge in [0.15, 0.2) is 0 Å². The minimum atomic E-state index is -3.88. The Kier molecular flexibility index (Phi) is 2.47. The van der Waals surface area contributed by atoms with Crippen LogP contribution in [-0.4, -0.2) is 8.42 Å². The van der Waals surface area contributed by atoms with E-state index in [2.05, 4.69) is 0 Å². The minimum absolute atomic E-state index is 0.0838. The molecule has 0 atom stereocenters. The lowest BCUT2D eigenvalue weighted by molar-refractivity contribution is 0.579. The van der Waals surface area contributed by atoms with E-state index in [-0.39, 0.29) is 15.9 Å². The van der Waals surface area contributed by atoms with Gasteiger partial charge in [-0.3, -0.25) is 0 Å². The third kappa shape index (κ3) is 1.71. The van der Waals surface area contributed by atoms with Gasteiger partial charge in [0.05, 0.1) is 4.90 Å². The lowest BCUT2D eigenvalue weighted by Gasteiger charge is -2.19. The molecule has 4 heteroatoms. The van der Waals surface area contributed by atoms with E-state index in [1.807, 2.05) is 20.8 Å². The monoisotopic (exact) mass is 254 g/mol. The first-order valence-corrected chi connectivity index (χ1v) is 6.90. The Morgan fingerprint density at radius 2 is 1.76 bits per heavy atom. The molecule has 0 unspecified atom stereocenters. The first-order valence-electron chi connectivity index (χ1n) is 5.42.